The van der Waals surface area contributed by atoms with Crippen LogP contribution in [0.4, 0.5) is 23.2 Å². The minimum atomic E-state index is -4.48. The predicted octanol–water partition coefficient (Wildman–Crippen LogP) is 6.67. The van der Waals surface area contributed by atoms with Gasteiger partial charge in [-0.25, -0.2) is 4.39 Å². The molecule has 0 atom stereocenters. The van der Waals surface area contributed by atoms with E-state index in [1.54, 1.807) is 36.4 Å². The molecule has 0 spiro atoms. The molecule has 4 aromatic rings. The summed E-state index contributed by atoms with van der Waals surface area (Å²) in [5, 5.41) is 3.58. The summed E-state index contributed by atoms with van der Waals surface area (Å²) in [4.78, 5) is 3.96. The summed E-state index contributed by atoms with van der Waals surface area (Å²) in [6.07, 6.45) is -3.10. The van der Waals surface area contributed by atoms with E-state index in [0.29, 0.717) is 23.1 Å². The second-order valence-electron chi connectivity index (χ2n) is 6.58. The molecule has 146 valence electrons. The van der Waals surface area contributed by atoms with E-state index in [-0.39, 0.29) is 11.3 Å². The van der Waals surface area contributed by atoms with Crippen LogP contribution in [0.1, 0.15) is 11.1 Å². The predicted molar refractivity (Wildman–Crippen MR) is 106 cm³/mol. The van der Waals surface area contributed by atoms with Crippen LogP contribution in [0.5, 0.6) is 0 Å². The fraction of sp³-hybridized carbons (Fsp3) is 0.0870. The molecule has 0 amide bonds. The summed E-state index contributed by atoms with van der Waals surface area (Å²) in [7, 11) is 0. The monoisotopic (exact) mass is 396 g/mol. The molecular formula is C23H16F4N2. The highest BCUT2D eigenvalue weighted by atomic mass is 19.4. The van der Waals surface area contributed by atoms with Gasteiger partial charge in [-0.15, -0.1) is 0 Å². The van der Waals surface area contributed by atoms with Gasteiger partial charge in [-0.3, -0.25) is 4.98 Å². The lowest BCUT2D eigenvalue weighted by molar-refractivity contribution is -0.136. The van der Waals surface area contributed by atoms with E-state index >= 15 is 0 Å². The normalized spacial score (nSPS) is 11.6. The molecule has 3 aromatic carbocycles. The van der Waals surface area contributed by atoms with E-state index < -0.39 is 11.7 Å². The third-order valence-corrected chi connectivity index (χ3v) is 4.69. The molecule has 1 aromatic heterocycles. The number of hydrogen-bond acceptors (Lipinski definition) is 2. The van der Waals surface area contributed by atoms with Crippen LogP contribution in [0.25, 0.3) is 22.0 Å². The Labute approximate surface area is 164 Å². The smallest absolute Gasteiger partial charge is 0.381 e. The lowest BCUT2D eigenvalue weighted by atomic mass is 9.99. The number of hydrogen-bond donors (Lipinski definition) is 1. The van der Waals surface area contributed by atoms with Gasteiger partial charge in [-0.1, -0.05) is 42.5 Å². The number of aromatic nitrogens is 1. The fourth-order valence-corrected chi connectivity index (χ4v) is 3.29. The number of rotatable bonds is 4. The summed E-state index contributed by atoms with van der Waals surface area (Å²) in [6, 6.07) is 19.5. The number of halogens is 4. The number of nitrogens with one attached hydrogen (secondary N) is 1. The third kappa shape index (κ3) is 3.92. The van der Waals surface area contributed by atoms with Gasteiger partial charge in [0.2, 0.25) is 0 Å². The number of pyridine rings is 1. The molecule has 1 N–H and O–H groups in total. The topological polar surface area (TPSA) is 24.9 Å². The van der Waals surface area contributed by atoms with E-state index in [1.165, 1.54) is 18.3 Å². The molecule has 1 heterocycles. The number of fused-ring (bicyclic) bond motifs is 1. The van der Waals surface area contributed by atoms with Crippen molar-refractivity contribution in [1.82, 2.24) is 4.98 Å². The Bertz CT molecular complexity index is 1170. The van der Waals surface area contributed by atoms with Gasteiger partial charge < -0.3 is 5.32 Å². The highest BCUT2D eigenvalue weighted by molar-refractivity contribution is 5.96. The Morgan fingerprint density at radius 1 is 0.862 bits per heavy atom. The van der Waals surface area contributed by atoms with Crippen molar-refractivity contribution in [3.05, 3.63) is 95.9 Å². The number of nitrogens with zero attached hydrogens (tertiary/aromatic N) is 1. The average Bonchev–Trinajstić information content (AvgIpc) is 2.72. The first-order valence-corrected chi connectivity index (χ1v) is 8.96. The zero-order valence-electron chi connectivity index (χ0n) is 15.2. The number of anilines is 1. The van der Waals surface area contributed by atoms with Crippen LogP contribution in [-0.2, 0) is 12.7 Å². The summed E-state index contributed by atoms with van der Waals surface area (Å²) in [5.74, 6) is -0.295. The zero-order chi connectivity index (χ0) is 20.4. The quantitative estimate of drug-likeness (QED) is 0.390. The molecule has 0 radical (unpaired) electrons. The average molecular weight is 396 g/mol. The molecule has 0 aliphatic heterocycles. The van der Waals surface area contributed by atoms with Crippen molar-refractivity contribution in [3.63, 3.8) is 0 Å². The largest absolute Gasteiger partial charge is 0.418 e. The lowest BCUT2D eigenvalue weighted by Crippen LogP contribution is -2.06. The van der Waals surface area contributed by atoms with Crippen LogP contribution in [0.2, 0.25) is 0 Å². The second-order valence-corrected chi connectivity index (χ2v) is 6.58. The Morgan fingerprint density at radius 3 is 2.45 bits per heavy atom. The zero-order valence-corrected chi connectivity index (χ0v) is 15.2. The molecule has 0 saturated carbocycles. The molecule has 0 aliphatic carbocycles. The Morgan fingerprint density at radius 2 is 1.66 bits per heavy atom. The van der Waals surface area contributed by atoms with Crippen molar-refractivity contribution < 1.29 is 17.6 Å². The highest BCUT2D eigenvalue weighted by Crippen LogP contribution is 2.37. The SMILES string of the molecule is Fc1ccccc1CNc1cccc(-c2ccnc3c(C(F)(F)F)cccc23)c1. The van der Waals surface area contributed by atoms with Crippen LogP contribution in [0.3, 0.4) is 0 Å². The van der Waals surface area contributed by atoms with Gasteiger partial charge in [0.1, 0.15) is 5.82 Å². The molecular weight excluding hydrogens is 380 g/mol. The molecule has 0 fully saturated rings. The van der Waals surface area contributed by atoms with Gasteiger partial charge in [0.05, 0.1) is 11.1 Å². The van der Waals surface area contributed by atoms with Gasteiger partial charge in [0.25, 0.3) is 0 Å². The van der Waals surface area contributed by atoms with Crippen molar-refractivity contribution >= 4 is 16.6 Å². The van der Waals surface area contributed by atoms with Crippen molar-refractivity contribution in [2.75, 3.05) is 5.32 Å². The summed E-state index contributed by atoms with van der Waals surface area (Å²) >= 11 is 0. The Balaban J connectivity index is 1.70. The fourth-order valence-electron chi connectivity index (χ4n) is 3.29. The van der Waals surface area contributed by atoms with Gasteiger partial charge in [0.15, 0.2) is 0 Å². The molecule has 4 rings (SSSR count). The van der Waals surface area contributed by atoms with E-state index in [0.717, 1.165) is 17.3 Å². The van der Waals surface area contributed by atoms with E-state index in [2.05, 4.69) is 10.3 Å². The molecule has 6 heteroatoms. The van der Waals surface area contributed by atoms with Crippen LogP contribution in [0.15, 0.2) is 79.0 Å². The Hall–Kier alpha value is -3.41. The molecule has 29 heavy (non-hydrogen) atoms. The third-order valence-electron chi connectivity index (χ3n) is 4.69. The Kier molecular flexibility index (Phi) is 4.92. The standard InChI is InChI=1S/C23H16F4N2/c24-21-10-2-1-5-16(21)14-29-17-7-3-6-15(13-17)18-11-12-28-22-19(18)8-4-9-20(22)23(25,26)27/h1-13,29H,14H2. The maximum atomic E-state index is 13.8. The lowest BCUT2D eigenvalue weighted by Gasteiger charge is -2.13. The minimum Gasteiger partial charge on any atom is -0.381 e. The van der Waals surface area contributed by atoms with E-state index in [1.807, 2.05) is 18.2 Å². The molecule has 0 saturated heterocycles. The van der Waals surface area contributed by atoms with Crippen molar-refractivity contribution in [1.29, 1.82) is 0 Å². The first kappa shape index (κ1) is 18.9. The summed E-state index contributed by atoms with van der Waals surface area (Å²) in [6.45, 7) is 0.297. The summed E-state index contributed by atoms with van der Waals surface area (Å²) in [5.41, 5.74) is 1.82. The summed E-state index contributed by atoms with van der Waals surface area (Å²) < 4.78 is 53.8. The molecule has 0 bridgehead atoms. The first-order valence-electron chi connectivity index (χ1n) is 8.96. The maximum absolute atomic E-state index is 13.8. The molecule has 2 nitrogen and oxygen atoms in total. The van der Waals surface area contributed by atoms with Gasteiger partial charge in [-0.05, 0) is 41.5 Å². The van der Waals surface area contributed by atoms with E-state index in [4.69, 9.17) is 0 Å². The molecule has 0 unspecified atom stereocenters. The highest BCUT2D eigenvalue weighted by Gasteiger charge is 2.33. The van der Waals surface area contributed by atoms with Crippen LogP contribution in [-0.4, -0.2) is 4.98 Å². The number of para-hydroxylation sites is 1. The van der Waals surface area contributed by atoms with Crippen LogP contribution in [0, 0.1) is 5.82 Å². The minimum absolute atomic E-state index is 0.0813. The number of benzene rings is 3. The van der Waals surface area contributed by atoms with Crippen LogP contribution >= 0.6 is 0 Å². The van der Waals surface area contributed by atoms with Crippen molar-refractivity contribution in [2.24, 2.45) is 0 Å². The van der Waals surface area contributed by atoms with Crippen molar-refractivity contribution in [3.8, 4) is 11.1 Å². The van der Waals surface area contributed by atoms with E-state index in [9.17, 15) is 17.6 Å². The van der Waals surface area contributed by atoms with Gasteiger partial charge in [0, 0.05) is 29.4 Å². The number of alkyl halides is 3. The maximum Gasteiger partial charge on any atom is 0.418 e. The molecule has 0 aliphatic rings. The van der Waals surface area contributed by atoms with Crippen molar-refractivity contribution in [2.45, 2.75) is 12.7 Å². The van der Waals surface area contributed by atoms with Crippen LogP contribution < -0.4 is 5.32 Å². The van der Waals surface area contributed by atoms with Gasteiger partial charge >= 0.3 is 6.18 Å². The first-order chi connectivity index (χ1) is 13.9. The second kappa shape index (κ2) is 7.54. The van der Waals surface area contributed by atoms with Gasteiger partial charge in [-0.2, -0.15) is 13.2 Å².